The van der Waals surface area contributed by atoms with Crippen LogP contribution in [0.1, 0.15) is 30.5 Å². The number of aryl methyl sites for hydroxylation is 2. The molecule has 1 heterocycles. The summed E-state index contributed by atoms with van der Waals surface area (Å²) in [6.45, 7) is 10.9. The third-order valence-electron chi connectivity index (χ3n) is 4.53. The van der Waals surface area contributed by atoms with Crippen LogP contribution in [-0.2, 0) is 6.54 Å². The zero-order chi connectivity index (χ0) is 15.0. The monoisotopic (exact) mass is 280 g/mol. The molecule has 0 aliphatic carbocycles. The summed E-state index contributed by atoms with van der Waals surface area (Å²) in [5.74, 6) is 0. The predicted octanol–water partition coefficient (Wildman–Crippen LogP) is 4.51. The van der Waals surface area contributed by atoms with Crippen LogP contribution in [0.25, 0.3) is 0 Å². The Hall–Kier alpha value is -1.96. The van der Waals surface area contributed by atoms with E-state index in [4.69, 9.17) is 0 Å². The third kappa shape index (κ3) is 2.63. The molecule has 0 atom stereocenters. The van der Waals surface area contributed by atoms with Gasteiger partial charge in [-0.05, 0) is 56.5 Å². The van der Waals surface area contributed by atoms with E-state index in [2.05, 4.69) is 80.4 Å². The van der Waals surface area contributed by atoms with E-state index in [1.165, 1.54) is 28.1 Å². The van der Waals surface area contributed by atoms with Gasteiger partial charge >= 0.3 is 0 Å². The van der Waals surface area contributed by atoms with Gasteiger partial charge in [0.15, 0.2) is 0 Å². The summed E-state index contributed by atoms with van der Waals surface area (Å²) < 4.78 is 0. The summed E-state index contributed by atoms with van der Waals surface area (Å²) in [5, 5.41) is 3.60. The van der Waals surface area contributed by atoms with Gasteiger partial charge in [-0.25, -0.2) is 0 Å². The first-order valence-corrected chi connectivity index (χ1v) is 7.64. The van der Waals surface area contributed by atoms with E-state index in [1.807, 2.05) is 0 Å². The van der Waals surface area contributed by atoms with Crippen molar-refractivity contribution in [3.63, 3.8) is 0 Å². The number of nitrogens with one attached hydrogen (secondary N) is 1. The number of nitrogens with zero attached hydrogens (tertiary/aromatic N) is 1. The number of hydrogen-bond donors (Lipinski definition) is 1. The van der Waals surface area contributed by atoms with Crippen molar-refractivity contribution in [2.75, 3.05) is 16.8 Å². The van der Waals surface area contributed by atoms with Gasteiger partial charge in [-0.1, -0.05) is 30.3 Å². The minimum atomic E-state index is 0.102. The molecule has 0 unspecified atom stereocenters. The molecule has 21 heavy (non-hydrogen) atoms. The molecule has 3 rings (SSSR count). The average molecular weight is 280 g/mol. The van der Waals surface area contributed by atoms with Crippen LogP contribution in [0.5, 0.6) is 0 Å². The van der Waals surface area contributed by atoms with E-state index in [0.29, 0.717) is 0 Å². The van der Waals surface area contributed by atoms with E-state index < -0.39 is 0 Å². The molecule has 0 spiro atoms. The summed E-state index contributed by atoms with van der Waals surface area (Å²) in [5.41, 5.74) is 6.74. The van der Waals surface area contributed by atoms with Crippen LogP contribution in [0.15, 0.2) is 42.5 Å². The maximum atomic E-state index is 3.60. The van der Waals surface area contributed by atoms with Crippen molar-refractivity contribution in [1.82, 2.24) is 0 Å². The molecule has 2 aromatic carbocycles. The largest absolute Gasteiger partial charge is 0.381 e. The van der Waals surface area contributed by atoms with Crippen LogP contribution in [0, 0.1) is 13.8 Å². The lowest BCUT2D eigenvalue weighted by molar-refractivity contribution is 0.469. The molecule has 2 aromatic rings. The molecule has 0 radical (unpaired) electrons. The summed E-state index contributed by atoms with van der Waals surface area (Å²) in [4.78, 5) is 2.53. The number of hydrogen-bond acceptors (Lipinski definition) is 2. The smallest absolute Gasteiger partial charge is 0.0612 e. The second-order valence-electron chi connectivity index (χ2n) is 6.69. The number of rotatable bonds is 2. The Labute approximate surface area is 127 Å². The Morgan fingerprint density at radius 2 is 1.71 bits per heavy atom. The van der Waals surface area contributed by atoms with E-state index >= 15 is 0 Å². The van der Waals surface area contributed by atoms with Crippen LogP contribution in [-0.4, -0.2) is 12.1 Å². The Bertz CT molecular complexity index is 644. The summed E-state index contributed by atoms with van der Waals surface area (Å²) in [6, 6.07) is 15.3. The van der Waals surface area contributed by atoms with Crippen molar-refractivity contribution in [3.8, 4) is 0 Å². The van der Waals surface area contributed by atoms with Crippen molar-refractivity contribution < 1.29 is 0 Å². The van der Waals surface area contributed by atoms with Gasteiger partial charge in [0.25, 0.3) is 0 Å². The predicted molar refractivity (Wildman–Crippen MR) is 91.1 cm³/mol. The second kappa shape index (κ2) is 5.10. The summed E-state index contributed by atoms with van der Waals surface area (Å²) in [7, 11) is 0. The van der Waals surface area contributed by atoms with Crippen LogP contribution >= 0.6 is 0 Å². The zero-order valence-corrected chi connectivity index (χ0v) is 13.4. The van der Waals surface area contributed by atoms with Crippen molar-refractivity contribution in [2.45, 2.75) is 39.8 Å². The summed E-state index contributed by atoms with van der Waals surface area (Å²) >= 11 is 0. The highest BCUT2D eigenvalue weighted by atomic mass is 15.3. The quantitative estimate of drug-likeness (QED) is 0.870. The molecule has 1 N–H and O–H groups in total. The van der Waals surface area contributed by atoms with Crippen LogP contribution in [0.2, 0.25) is 0 Å². The Morgan fingerprint density at radius 1 is 1.05 bits per heavy atom. The Morgan fingerprint density at radius 3 is 2.43 bits per heavy atom. The van der Waals surface area contributed by atoms with Crippen molar-refractivity contribution >= 4 is 11.4 Å². The minimum Gasteiger partial charge on any atom is -0.381 e. The topological polar surface area (TPSA) is 15.3 Å². The van der Waals surface area contributed by atoms with Gasteiger partial charge in [-0.3, -0.25) is 0 Å². The fourth-order valence-corrected chi connectivity index (χ4v) is 2.96. The van der Waals surface area contributed by atoms with E-state index in [1.54, 1.807) is 0 Å². The molecule has 0 bridgehead atoms. The minimum absolute atomic E-state index is 0.102. The lowest BCUT2D eigenvalue weighted by Gasteiger charge is -2.46. The first-order chi connectivity index (χ1) is 9.97. The highest BCUT2D eigenvalue weighted by molar-refractivity contribution is 5.75. The molecule has 1 aliphatic rings. The molecule has 0 saturated heterocycles. The molecule has 1 aliphatic heterocycles. The fraction of sp³-hybridized carbons (Fsp3) is 0.368. The van der Waals surface area contributed by atoms with E-state index in [9.17, 15) is 0 Å². The fourth-order valence-electron chi connectivity index (χ4n) is 2.96. The Balaban J connectivity index is 2.03. The van der Waals surface area contributed by atoms with E-state index in [-0.39, 0.29) is 5.54 Å². The van der Waals surface area contributed by atoms with Gasteiger partial charge in [-0.2, -0.15) is 0 Å². The molecule has 110 valence electrons. The highest BCUT2D eigenvalue weighted by Gasteiger charge is 2.32. The standard InChI is InChI=1S/C19H24N2/c1-14-10-17-18(11-15(14)2)21(19(3,4)13-20-17)12-16-8-6-5-7-9-16/h5-11,20H,12-13H2,1-4H3. The Kier molecular flexibility index (Phi) is 3.40. The molecule has 2 nitrogen and oxygen atoms in total. The van der Waals surface area contributed by atoms with Gasteiger partial charge in [0.05, 0.1) is 16.9 Å². The second-order valence-corrected chi connectivity index (χ2v) is 6.69. The maximum absolute atomic E-state index is 3.60. The van der Waals surface area contributed by atoms with Gasteiger partial charge in [-0.15, -0.1) is 0 Å². The third-order valence-corrected chi connectivity index (χ3v) is 4.53. The number of anilines is 2. The molecule has 0 amide bonds. The van der Waals surface area contributed by atoms with Gasteiger partial charge in [0.1, 0.15) is 0 Å². The molecular formula is C19H24N2. The van der Waals surface area contributed by atoms with Gasteiger partial charge in [0, 0.05) is 13.1 Å². The van der Waals surface area contributed by atoms with Crippen molar-refractivity contribution in [2.24, 2.45) is 0 Å². The van der Waals surface area contributed by atoms with Crippen molar-refractivity contribution in [3.05, 3.63) is 59.2 Å². The SMILES string of the molecule is Cc1cc2c(cc1C)N(Cc1ccccc1)C(C)(C)CN2. The lowest BCUT2D eigenvalue weighted by atomic mass is 9.94. The molecule has 0 saturated carbocycles. The molecular weight excluding hydrogens is 256 g/mol. The van der Waals surface area contributed by atoms with Gasteiger partial charge < -0.3 is 10.2 Å². The normalized spacial score (nSPS) is 16.3. The van der Waals surface area contributed by atoms with Crippen LogP contribution in [0.4, 0.5) is 11.4 Å². The number of benzene rings is 2. The zero-order valence-electron chi connectivity index (χ0n) is 13.4. The molecule has 0 fully saturated rings. The highest BCUT2D eigenvalue weighted by Crippen LogP contribution is 2.38. The molecule has 0 aromatic heterocycles. The average Bonchev–Trinajstić information content (AvgIpc) is 2.46. The van der Waals surface area contributed by atoms with E-state index in [0.717, 1.165) is 13.1 Å². The number of fused-ring (bicyclic) bond motifs is 1. The molecule has 2 heteroatoms. The lowest BCUT2D eigenvalue weighted by Crippen LogP contribution is -2.51. The van der Waals surface area contributed by atoms with Crippen LogP contribution in [0.3, 0.4) is 0 Å². The first-order valence-electron chi connectivity index (χ1n) is 7.64. The maximum Gasteiger partial charge on any atom is 0.0612 e. The van der Waals surface area contributed by atoms with Crippen molar-refractivity contribution in [1.29, 1.82) is 0 Å². The summed E-state index contributed by atoms with van der Waals surface area (Å²) in [6.07, 6.45) is 0. The van der Waals surface area contributed by atoms with Crippen LogP contribution < -0.4 is 10.2 Å². The first kappa shape index (κ1) is 14.0. The van der Waals surface area contributed by atoms with Gasteiger partial charge in [0.2, 0.25) is 0 Å².